The van der Waals surface area contributed by atoms with Crippen molar-refractivity contribution in [3.8, 4) is 0 Å². The fourth-order valence-corrected chi connectivity index (χ4v) is 11.4. The van der Waals surface area contributed by atoms with Gasteiger partial charge in [0.2, 0.25) is 20.2 Å². The second-order valence-corrected chi connectivity index (χ2v) is 18.6. The predicted octanol–water partition coefficient (Wildman–Crippen LogP) is 5.77. The van der Waals surface area contributed by atoms with Gasteiger partial charge in [0.15, 0.2) is 5.60 Å². The van der Waals surface area contributed by atoms with Gasteiger partial charge in [0.1, 0.15) is 0 Å². The summed E-state index contributed by atoms with van der Waals surface area (Å²) in [6.07, 6.45) is 1.61. The van der Waals surface area contributed by atoms with Crippen LogP contribution in [0.2, 0.25) is 18.6 Å². The molecule has 4 aliphatic heterocycles. The van der Waals surface area contributed by atoms with E-state index >= 15 is 4.11 Å². The molecule has 7 rings (SSSR count). The summed E-state index contributed by atoms with van der Waals surface area (Å²) in [6.45, 7) is 5.67. The fourth-order valence-electron chi connectivity index (χ4n) is 8.88. The summed E-state index contributed by atoms with van der Waals surface area (Å²) < 4.78 is 23.2. The van der Waals surface area contributed by atoms with E-state index in [2.05, 4.69) is 0 Å². The summed E-state index contributed by atoms with van der Waals surface area (Å²) in [5, 5.41) is 22.2. The average molecular weight is 715 g/mol. The Morgan fingerprint density at radius 2 is 1.80 bits per heavy atom. The van der Waals surface area contributed by atoms with Crippen LogP contribution < -0.4 is 9.80 Å². The number of carbonyl (C=O) groups excluding carboxylic acids is 3. The molecule has 2 saturated heterocycles. The SMILES string of the molecule is C[C@H]1[C@H]([Si](C)(C)F)[C@@H](CC(=O)N2Cc3ccccc3C[C@H]2CO)O[C@]12C(=O)N(Cc1ccc(N3CCCCC3=O)cc1)c1ccc([N+](=O)[O-])cc12. The van der Waals surface area contributed by atoms with Crippen LogP contribution in [-0.2, 0) is 44.2 Å². The number of nitro groups is 1. The van der Waals surface area contributed by atoms with Crippen LogP contribution in [0.15, 0.2) is 66.7 Å². The minimum atomic E-state index is -3.64. The molecule has 3 amide bonds. The number of benzene rings is 3. The number of ether oxygens (including phenoxy) is 1. The number of aliphatic hydroxyl groups excluding tert-OH is 1. The first kappa shape index (κ1) is 35.0. The number of fused-ring (bicyclic) bond motifs is 3. The molecule has 0 radical (unpaired) electrons. The van der Waals surface area contributed by atoms with Gasteiger partial charge in [0.05, 0.1) is 42.3 Å². The van der Waals surface area contributed by atoms with Crippen molar-refractivity contribution >= 4 is 43.2 Å². The fraction of sp³-hybridized carbons (Fsp3) is 0.447. The van der Waals surface area contributed by atoms with Crippen molar-refractivity contribution < 1.29 is 33.3 Å². The van der Waals surface area contributed by atoms with Crippen LogP contribution >= 0.6 is 0 Å². The van der Waals surface area contributed by atoms with Gasteiger partial charge in [0.25, 0.3) is 11.6 Å². The Morgan fingerprint density at radius 3 is 2.47 bits per heavy atom. The molecule has 0 saturated carbocycles. The zero-order chi connectivity index (χ0) is 36.2. The number of hydrogen-bond acceptors (Lipinski definition) is 7. The second-order valence-electron chi connectivity index (χ2n) is 14.8. The van der Waals surface area contributed by atoms with Crippen molar-refractivity contribution in [1.29, 1.82) is 0 Å². The highest BCUT2D eigenvalue weighted by Gasteiger charge is 2.67. The van der Waals surface area contributed by atoms with Crippen LogP contribution in [0.3, 0.4) is 0 Å². The zero-order valence-electron chi connectivity index (χ0n) is 29.1. The molecule has 3 aromatic carbocycles. The lowest BCUT2D eigenvalue weighted by molar-refractivity contribution is -0.385. The van der Waals surface area contributed by atoms with Crippen molar-refractivity contribution in [1.82, 2.24) is 4.90 Å². The number of anilines is 2. The number of piperidine rings is 1. The van der Waals surface area contributed by atoms with Crippen LogP contribution in [0, 0.1) is 16.0 Å². The highest BCUT2D eigenvalue weighted by atomic mass is 28.4. The van der Waals surface area contributed by atoms with E-state index < -0.39 is 48.4 Å². The van der Waals surface area contributed by atoms with E-state index in [9.17, 15) is 29.6 Å². The Hall–Kier alpha value is -4.46. The number of amides is 3. The maximum atomic E-state index is 16.5. The third-order valence-electron chi connectivity index (χ3n) is 11.3. The number of nitro benzene ring substituents is 1. The molecular weight excluding hydrogens is 672 g/mol. The first-order chi connectivity index (χ1) is 24.3. The molecule has 0 bridgehead atoms. The number of non-ortho nitro benzene ring substituents is 1. The van der Waals surface area contributed by atoms with Crippen molar-refractivity contribution in [2.45, 2.75) is 88.5 Å². The highest BCUT2D eigenvalue weighted by molar-refractivity contribution is 6.72. The van der Waals surface area contributed by atoms with Crippen molar-refractivity contribution in [3.63, 3.8) is 0 Å². The van der Waals surface area contributed by atoms with E-state index in [4.69, 9.17) is 4.74 Å². The molecule has 51 heavy (non-hydrogen) atoms. The summed E-state index contributed by atoms with van der Waals surface area (Å²) in [7, 11) is -3.64. The smallest absolute Gasteiger partial charge is 0.269 e. The minimum absolute atomic E-state index is 0.0764. The van der Waals surface area contributed by atoms with Crippen molar-refractivity contribution in [3.05, 3.63) is 99.1 Å². The minimum Gasteiger partial charge on any atom is -0.394 e. The summed E-state index contributed by atoms with van der Waals surface area (Å²) >= 11 is 0. The number of aliphatic hydroxyl groups is 1. The molecule has 0 aliphatic carbocycles. The Bertz CT molecular complexity index is 1880. The van der Waals surface area contributed by atoms with Crippen LogP contribution in [0.5, 0.6) is 0 Å². The molecule has 0 unspecified atom stereocenters. The number of rotatable bonds is 8. The molecule has 3 aromatic rings. The highest BCUT2D eigenvalue weighted by Crippen LogP contribution is 2.60. The average Bonchev–Trinajstić information content (AvgIpc) is 3.53. The lowest BCUT2D eigenvalue weighted by Crippen LogP contribution is -2.48. The van der Waals surface area contributed by atoms with Crippen LogP contribution in [-0.4, -0.2) is 66.4 Å². The Morgan fingerprint density at radius 1 is 1.08 bits per heavy atom. The maximum absolute atomic E-state index is 16.5. The molecule has 11 nitrogen and oxygen atoms in total. The molecule has 1 spiro atoms. The van der Waals surface area contributed by atoms with Crippen molar-refractivity contribution in [2.24, 2.45) is 5.92 Å². The molecule has 13 heteroatoms. The van der Waals surface area contributed by atoms with Gasteiger partial charge in [-0.05, 0) is 67.2 Å². The molecule has 2 fully saturated rings. The van der Waals surface area contributed by atoms with Gasteiger partial charge in [-0.2, -0.15) is 0 Å². The van der Waals surface area contributed by atoms with Crippen LogP contribution in [0.1, 0.15) is 54.9 Å². The van der Waals surface area contributed by atoms with Gasteiger partial charge in [-0.3, -0.25) is 24.5 Å². The van der Waals surface area contributed by atoms with Gasteiger partial charge < -0.3 is 28.7 Å². The standard InChI is InChI=1S/C38H43FN4O7Si/c1-24-36(51(2,3)39)33(20-35(46)41-22-27-9-5-4-8-26(27)18-30(41)23-44)50-38(24)31-19-29(43(48)49)15-16-32(31)42(37(38)47)21-25-11-13-28(14-12-25)40-17-7-6-10-34(40)45/h4-5,8-9,11-16,19,24,30,33,36,44H,6-7,10,17-18,20-23H2,1-3H3/t24-,30-,33+,36-,38+/m0/s1. The third kappa shape index (κ3) is 6.04. The van der Waals surface area contributed by atoms with E-state index in [-0.39, 0.29) is 37.1 Å². The van der Waals surface area contributed by atoms with Gasteiger partial charge in [0, 0.05) is 54.4 Å². The van der Waals surface area contributed by atoms with Gasteiger partial charge in [-0.15, -0.1) is 0 Å². The predicted molar refractivity (Wildman–Crippen MR) is 191 cm³/mol. The lowest BCUT2D eigenvalue weighted by Gasteiger charge is -2.37. The summed E-state index contributed by atoms with van der Waals surface area (Å²) in [4.78, 5) is 57.8. The molecule has 5 atom stereocenters. The van der Waals surface area contributed by atoms with E-state index in [1.54, 1.807) is 35.9 Å². The number of nitrogens with zero attached hydrogens (tertiary/aromatic N) is 4. The first-order valence-corrected chi connectivity index (χ1v) is 20.6. The largest absolute Gasteiger partial charge is 0.394 e. The molecular formula is C38H43FN4O7Si. The Kier molecular flexibility index (Phi) is 9.09. The quantitative estimate of drug-likeness (QED) is 0.136. The topological polar surface area (TPSA) is 134 Å². The van der Waals surface area contributed by atoms with E-state index in [0.29, 0.717) is 37.2 Å². The maximum Gasteiger partial charge on any atom is 0.269 e. The molecule has 0 aromatic heterocycles. The molecule has 1 N–H and O–H groups in total. The summed E-state index contributed by atoms with van der Waals surface area (Å²) in [5.74, 6) is -1.44. The Balaban J connectivity index is 1.22. The molecule has 4 aliphatic rings. The zero-order valence-corrected chi connectivity index (χ0v) is 30.1. The van der Waals surface area contributed by atoms with Gasteiger partial charge >= 0.3 is 0 Å². The first-order valence-electron chi connectivity index (χ1n) is 17.7. The second kappa shape index (κ2) is 13.3. The van der Waals surface area contributed by atoms with Gasteiger partial charge in [-0.1, -0.05) is 43.3 Å². The van der Waals surface area contributed by atoms with E-state index in [1.807, 2.05) is 48.5 Å². The van der Waals surface area contributed by atoms with Crippen molar-refractivity contribution in [2.75, 3.05) is 23.0 Å². The number of hydrogen-bond donors (Lipinski definition) is 1. The number of carbonyl (C=O) groups is 3. The summed E-state index contributed by atoms with van der Waals surface area (Å²) in [6, 6.07) is 19.0. The normalized spacial score (nSPS) is 26.1. The van der Waals surface area contributed by atoms with Crippen LogP contribution in [0.4, 0.5) is 21.2 Å². The van der Waals surface area contributed by atoms with E-state index in [1.165, 1.54) is 17.0 Å². The molecule has 268 valence electrons. The summed E-state index contributed by atoms with van der Waals surface area (Å²) in [5.41, 5.74) is 1.55. The molecule has 4 heterocycles. The third-order valence-corrected chi connectivity index (χ3v) is 13.8. The number of halogens is 1. The van der Waals surface area contributed by atoms with Crippen LogP contribution in [0.25, 0.3) is 0 Å². The monoisotopic (exact) mass is 714 g/mol. The van der Waals surface area contributed by atoms with E-state index in [0.717, 1.165) is 35.2 Å². The lowest BCUT2D eigenvalue weighted by atomic mass is 9.82. The Labute approximate surface area is 297 Å². The van der Waals surface area contributed by atoms with Gasteiger partial charge in [-0.25, -0.2) is 0 Å².